The van der Waals surface area contributed by atoms with E-state index < -0.39 is 0 Å². The molecule has 1 heterocycles. The van der Waals surface area contributed by atoms with Crippen LogP contribution in [-0.4, -0.2) is 34.9 Å². The van der Waals surface area contributed by atoms with Gasteiger partial charge in [0.25, 0.3) is 0 Å². The van der Waals surface area contributed by atoms with Gasteiger partial charge in [0.05, 0.1) is 24.2 Å². The van der Waals surface area contributed by atoms with E-state index in [-0.39, 0.29) is 6.61 Å². The Bertz CT molecular complexity index is 829. The van der Waals surface area contributed by atoms with Gasteiger partial charge in [-0.1, -0.05) is 11.6 Å². The Kier molecular flexibility index (Phi) is 4.92. The van der Waals surface area contributed by atoms with E-state index in [1.165, 1.54) is 0 Å². The smallest absolute Gasteiger partial charge is 0.128 e. The molecule has 2 N–H and O–H groups in total. The molecule has 0 aliphatic carbocycles. The van der Waals surface area contributed by atoms with Crippen LogP contribution in [0.15, 0.2) is 42.5 Å². The molecule has 126 valence electrons. The Morgan fingerprint density at radius 3 is 2.67 bits per heavy atom. The van der Waals surface area contributed by atoms with Crippen molar-refractivity contribution in [2.75, 3.05) is 30.4 Å². The van der Waals surface area contributed by atoms with E-state index in [1.807, 2.05) is 61.5 Å². The predicted octanol–water partition coefficient (Wildman–Crippen LogP) is 3.27. The van der Waals surface area contributed by atoms with Crippen molar-refractivity contribution in [1.82, 2.24) is 9.55 Å². The van der Waals surface area contributed by atoms with Gasteiger partial charge in [0.2, 0.25) is 0 Å². The van der Waals surface area contributed by atoms with Crippen molar-refractivity contribution in [2.24, 2.45) is 7.05 Å². The third kappa shape index (κ3) is 3.47. The number of anilines is 2. The van der Waals surface area contributed by atoms with E-state index >= 15 is 0 Å². The number of benzene rings is 2. The average molecular weight is 345 g/mol. The van der Waals surface area contributed by atoms with E-state index in [0.29, 0.717) is 18.1 Å². The number of rotatable bonds is 6. The number of aromatic nitrogens is 2. The number of aryl methyl sites for hydroxylation is 1. The molecular formula is C18H21ClN4O. The van der Waals surface area contributed by atoms with Crippen molar-refractivity contribution >= 4 is 34.0 Å². The normalized spacial score (nSPS) is 11.0. The van der Waals surface area contributed by atoms with Crippen LogP contribution < -0.4 is 10.2 Å². The molecule has 5 nitrogen and oxygen atoms in total. The van der Waals surface area contributed by atoms with E-state index in [0.717, 1.165) is 28.2 Å². The molecule has 3 rings (SSSR count). The lowest BCUT2D eigenvalue weighted by molar-refractivity contribution is 0.304. The highest BCUT2D eigenvalue weighted by Gasteiger charge is 2.08. The van der Waals surface area contributed by atoms with Gasteiger partial charge in [0.15, 0.2) is 0 Å². The number of nitrogens with zero attached hydrogens (tertiary/aromatic N) is 3. The molecule has 24 heavy (non-hydrogen) atoms. The molecular weight excluding hydrogens is 324 g/mol. The van der Waals surface area contributed by atoms with Crippen LogP contribution in [0.1, 0.15) is 5.82 Å². The molecule has 1 aromatic heterocycles. The van der Waals surface area contributed by atoms with E-state index in [2.05, 4.69) is 14.9 Å². The fourth-order valence-electron chi connectivity index (χ4n) is 2.67. The summed E-state index contributed by atoms with van der Waals surface area (Å²) in [5, 5.41) is 13.1. The molecule has 0 fully saturated rings. The minimum Gasteiger partial charge on any atom is -0.395 e. The van der Waals surface area contributed by atoms with Crippen LogP contribution >= 0.6 is 11.6 Å². The quantitative estimate of drug-likeness (QED) is 0.720. The molecule has 0 bridgehead atoms. The van der Waals surface area contributed by atoms with Crippen LogP contribution in [0.4, 0.5) is 11.4 Å². The summed E-state index contributed by atoms with van der Waals surface area (Å²) >= 11 is 6.03. The molecule has 0 spiro atoms. The number of aliphatic hydroxyl groups excluding tert-OH is 1. The first-order valence-corrected chi connectivity index (χ1v) is 8.23. The average Bonchev–Trinajstić information content (AvgIpc) is 2.89. The van der Waals surface area contributed by atoms with Gasteiger partial charge in [0, 0.05) is 37.0 Å². The maximum absolute atomic E-state index is 8.99. The summed E-state index contributed by atoms with van der Waals surface area (Å²) in [6.07, 6.45) is 0. The first-order valence-electron chi connectivity index (χ1n) is 7.85. The van der Waals surface area contributed by atoms with Crippen LogP contribution in [-0.2, 0) is 13.6 Å². The molecule has 6 heteroatoms. The Morgan fingerprint density at radius 1 is 1.21 bits per heavy atom. The van der Waals surface area contributed by atoms with Gasteiger partial charge in [-0.2, -0.15) is 0 Å². The second kappa shape index (κ2) is 7.11. The Hall–Kier alpha value is -2.24. The van der Waals surface area contributed by atoms with Crippen molar-refractivity contribution in [3.8, 4) is 0 Å². The summed E-state index contributed by atoms with van der Waals surface area (Å²) in [5.41, 5.74) is 4.08. The lowest BCUT2D eigenvalue weighted by Gasteiger charge is -2.18. The number of nitrogens with one attached hydrogen (secondary N) is 1. The van der Waals surface area contributed by atoms with Crippen molar-refractivity contribution in [2.45, 2.75) is 6.54 Å². The van der Waals surface area contributed by atoms with E-state index in [4.69, 9.17) is 16.7 Å². The SMILES string of the molecule is CN(CCO)c1ccc(NCc2nc3cc(Cl)ccc3n2C)cc1. The fourth-order valence-corrected chi connectivity index (χ4v) is 2.84. The highest BCUT2D eigenvalue weighted by Crippen LogP contribution is 2.21. The largest absolute Gasteiger partial charge is 0.395 e. The zero-order chi connectivity index (χ0) is 17.1. The van der Waals surface area contributed by atoms with Gasteiger partial charge < -0.3 is 19.9 Å². The van der Waals surface area contributed by atoms with Crippen LogP contribution in [0.2, 0.25) is 5.02 Å². The highest BCUT2D eigenvalue weighted by atomic mass is 35.5. The van der Waals surface area contributed by atoms with E-state index in [9.17, 15) is 0 Å². The van der Waals surface area contributed by atoms with Crippen LogP contribution in [0.5, 0.6) is 0 Å². The van der Waals surface area contributed by atoms with Crippen LogP contribution in [0, 0.1) is 0 Å². The highest BCUT2D eigenvalue weighted by molar-refractivity contribution is 6.31. The second-order valence-corrected chi connectivity index (χ2v) is 6.20. The maximum atomic E-state index is 8.99. The van der Waals surface area contributed by atoms with Crippen molar-refractivity contribution in [3.63, 3.8) is 0 Å². The molecule has 0 atom stereocenters. The third-order valence-corrected chi connectivity index (χ3v) is 4.36. The second-order valence-electron chi connectivity index (χ2n) is 5.77. The number of aliphatic hydroxyl groups is 1. The number of hydrogen-bond acceptors (Lipinski definition) is 4. The summed E-state index contributed by atoms with van der Waals surface area (Å²) < 4.78 is 2.07. The molecule has 3 aromatic rings. The van der Waals surface area contributed by atoms with Crippen LogP contribution in [0.25, 0.3) is 11.0 Å². The van der Waals surface area contributed by atoms with Gasteiger partial charge in [-0.25, -0.2) is 4.98 Å². The first kappa shape index (κ1) is 16.6. The maximum Gasteiger partial charge on any atom is 0.128 e. The summed E-state index contributed by atoms with van der Waals surface area (Å²) in [4.78, 5) is 6.65. The minimum atomic E-state index is 0.146. The molecule has 2 aromatic carbocycles. The zero-order valence-corrected chi connectivity index (χ0v) is 14.6. The lowest BCUT2D eigenvalue weighted by atomic mass is 10.2. The standard InChI is InChI=1S/C18H21ClN4O/c1-22(9-10-24)15-6-4-14(5-7-15)20-12-18-21-16-11-13(19)3-8-17(16)23(18)2/h3-8,11,20,24H,9-10,12H2,1-2H3. The van der Waals surface area contributed by atoms with Gasteiger partial charge in [-0.15, -0.1) is 0 Å². The predicted molar refractivity (Wildman–Crippen MR) is 99.8 cm³/mol. The zero-order valence-electron chi connectivity index (χ0n) is 13.8. The molecule has 0 saturated heterocycles. The van der Waals surface area contributed by atoms with Crippen LogP contribution in [0.3, 0.4) is 0 Å². The third-order valence-electron chi connectivity index (χ3n) is 4.13. The number of likely N-dealkylation sites (N-methyl/N-ethyl adjacent to an activating group) is 1. The molecule has 0 unspecified atom stereocenters. The van der Waals surface area contributed by atoms with Crippen molar-refractivity contribution in [3.05, 3.63) is 53.3 Å². The summed E-state index contributed by atoms with van der Waals surface area (Å²) in [7, 11) is 3.97. The topological polar surface area (TPSA) is 53.3 Å². The van der Waals surface area contributed by atoms with Gasteiger partial charge >= 0.3 is 0 Å². The Balaban J connectivity index is 1.70. The van der Waals surface area contributed by atoms with Crippen molar-refractivity contribution in [1.29, 1.82) is 0 Å². The molecule has 0 amide bonds. The fraction of sp³-hybridized carbons (Fsp3) is 0.278. The first-order chi connectivity index (χ1) is 11.6. The summed E-state index contributed by atoms with van der Waals surface area (Å²) in [6, 6.07) is 13.9. The van der Waals surface area contributed by atoms with Gasteiger partial charge in [0.1, 0.15) is 5.82 Å². The van der Waals surface area contributed by atoms with Gasteiger partial charge in [-0.05, 0) is 42.5 Å². The number of halogens is 1. The molecule has 0 aliphatic rings. The summed E-state index contributed by atoms with van der Waals surface area (Å²) in [6.45, 7) is 1.40. The van der Waals surface area contributed by atoms with E-state index in [1.54, 1.807) is 0 Å². The monoisotopic (exact) mass is 344 g/mol. The van der Waals surface area contributed by atoms with Gasteiger partial charge in [-0.3, -0.25) is 0 Å². The lowest BCUT2D eigenvalue weighted by Crippen LogP contribution is -2.20. The van der Waals surface area contributed by atoms with Crippen molar-refractivity contribution < 1.29 is 5.11 Å². The summed E-state index contributed by atoms with van der Waals surface area (Å²) in [5.74, 6) is 0.953. The molecule has 0 radical (unpaired) electrons. The minimum absolute atomic E-state index is 0.146. The number of hydrogen-bond donors (Lipinski definition) is 2. The Morgan fingerprint density at radius 2 is 1.96 bits per heavy atom. The number of imidazole rings is 1. The molecule has 0 aliphatic heterocycles. The molecule has 0 saturated carbocycles. The Labute approximate surface area is 146 Å². The number of fused-ring (bicyclic) bond motifs is 1.